The molecule has 0 fully saturated rings. The van der Waals surface area contributed by atoms with Gasteiger partial charge < -0.3 is 20.4 Å². The molecule has 0 aromatic carbocycles. The van der Waals surface area contributed by atoms with Gasteiger partial charge in [-0.25, -0.2) is 9.97 Å². The molecule has 2 aromatic heterocycles. The quantitative estimate of drug-likeness (QED) is 0.701. The lowest BCUT2D eigenvalue weighted by atomic mass is 9.94. The summed E-state index contributed by atoms with van der Waals surface area (Å²) in [6, 6.07) is 0. The molecule has 0 saturated heterocycles. The molecule has 0 spiro atoms. The second-order valence-corrected chi connectivity index (χ2v) is 6.03. The minimum atomic E-state index is -0.251. The van der Waals surface area contributed by atoms with Crippen LogP contribution in [0.25, 0.3) is 0 Å². The van der Waals surface area contributed by atoms with Crippen LogP contribution in [0.3, 0.4) is 0 Å². The predicted molar refractivity (Wildman–Crippen MR) is 90.8 cm³/mol. The summed E-state index contributed by atoms with van der Waals surface area (Å²) in [5.41, 5.74) is 7.96. The van der Waals surface area contributed by atoms with Gasteiger partial charge in [-0.3, -0.25) is 4.79 Å². The van der Waals surface area contributed by atoms with Crippen LogP contribution in [0.1, 0.15) is 46.8 Å². The molecule has 1 amide bonds. The minimum absolute atomic E-state index is 0.147. The molecule has 9 nitrogen and oxygen atoms in total. The van der Waals surface area contributed by atoms with E-state index >= 15 is 0 Å². The Morgan fingerprint density at radius 3 is 3.04 bits per heavy atom. The Morgan fingerprint density at radius 1 is 1.36 bits per heavy atom. The smallest absolute Gasteiger partial charge is 0.270 e. The summed E-state index contributed by atoms with van der Waals surface area (Å²) in [6.45, 7) is 1.68. The number of aromatic nitrogens is 5. The van der Waals surface area contributed by atoms with Crippen LogP contribution in [0.2, 0.25) is 0 Å². The molecule has 0 atom stereocenters. The van der Waals surface area contributed by atoms with Crippen LogP contribution in [0.15, 0.2) is 6.33 Å². The normalized spacial score (nSPS) is 13.5. The molecule has 3 rings (SSSR count). The number of rotatable bonds is 7. The van der Waals surface area contributed by atoms with Crippen LogP contribution >= 0.6 is 0 Å². The third kappa shape index (κ3) is 4.11. The highest BCUT2D eigenvalue weighted by Gasteiger charge is 2.21. The first-order valence-corrected chi connectivity index (χ1v) is 8.48. The number of nitrogens with two attached hydrogens (primary N) is 1. The molecule has 0 saturated carbocycles. The van der Waals surface area contributed by atoms with Crippen LogP contribution in [-0.4, -0.2) is 44.4 Å². The van der Waals surface area contributed by atoms with Gasteiger partial charge in [0, 0.05) is 31.5 Å². The maximum atomic E-state index is 12.6. The summed E-state index contributed by atoms with van der Waals surface area (Å²) in [5, 5.41) is 10.8. The van der Waals surface area contributed by atoms with E-state index in [0.29, 0.717) is 18.1 Å². The van der Waals surface area contributed by atoms with Crippen LogP contribution < -0.4 is 11.1 Å². The summed E-state index contributed by atoms with van der Waals surface area (Å²) in [6.07, 6.45) is 6.26. The van der Waals surface area contributed by atoms with E-state index in [4.69, 9.17) is 10.5 Å². The largest absolute Gasteiger partial charge is 0.385 e. The van der Waals surface area contributed by atoms with Crippen molar-refractivity contribution in [2.24, 2.45) is 0 Å². The van der Waals surface area contributed by atoms with Crippen molar-refractivity contribution >= 4 is 11.9 Å². The van der Waals surface area contributed by atoms with E-state index in [9.17, 15) is 4.79 Å². The lowest BCUT2D eigenvalue weighted by molar-refractivity contribution is 0.0942. The van der Waals surface area contributed by atoms with E-state index in [0.717, 1.165) is 49.9 Å². The molecule has 2 heterocycles. The molecule has 0 aliphatic heterocycles. The van der Waals surface area contributed by atoms with Crippen molar-refractivity contribution in [1.29, 1.82) is 0 Å². The number of hydrogen-bond acceptors (Lipinski definition) is 7. The van der Waals surface area contributed by atoms with Gasteiger partial charge in [0.1, 0.15) is 12.0 Å². The Morgan fingerprint density at radius 2 is 2.20 bits per heavy atom. The Hall–Kier alpha value is -2.55. The van der Waals surface area contributed by atoms with Crippen molar-refractivity contribution in [2.75, 3.05) is 19.5 Å². The number of nitrogen functional groups attached to an aromatic ring is 1. The Balaban J connectivity index is 1.68. The van der Waals surface area contributed by atoms with E-state index < -0.39 is 0 Å². The topological polar surface area (TPSA) is 121 Å². The molecule has 2 aromatic rings. The fourth-order valence-corrected chi connectivity index (χ4v) is 3.03. The summed E-state index contributed by atoms with van der Waals surface area (Å²) >= 11 is 0. The Labute approximate surface area is 146 Å². The van der Waals surface area contributed by atoms with E-state index in [1.165, 1.54) is 0 Å². The standard InChI is InChI=1S/C16H23N7O2/c1-25-8-4-7-23-10-19-22-13(23)9-18-15(24)14-11-5-2-3-6-12(11)20-16(17)21-14/h10H,2-9H2,1H3,(H,18,24)(H2,17,20,21). The van der Waals surface area contributed by atoms with Crippen molar-refractivity contribution in [3.8, 4) is 0 Å². The second-order valence-electron chi connectivity index (χ2n) is 6.03. The first-order valence-electron chi connectivity index (χ1n) is 8.48. The Bertz CT molecular complexity index is 744. The molecular weight excluding hydrogens is 322 g/mol. The third-order valence-electron chi connectivity index (χ3n) is 4.27. The number of amides is 1. The highest BCUT2D eigenvalue weighted by atomic mass is 16.5. The number of carbonyl (C=O) groups is 1. The van der Waals surface area contributed by atoms with Crippen molar-refractivity contribution in [3.05, 3.63) is 29.1 Å². The molecule has 0 bridgehead atoms. The number of nitrogens with zero attached hydrogens (tertiary/aromatic N) is 5. The van der Waals surface area contributed by atoms with E-state index in [1.54, 1.807) is 13.4 Å². The average Bonchev–Trinajstić information content (AvgIpc) is 3.06. The number of methoxy groups -OCH3 is 1. The number of anilines is 1. The van der Waals surface area contributed by atoms with Gasteiger partial charge in [0.15, 0.2) is 5.82 Å². The molecule has 1 aliphatic carbocycles. The zero-order valence-electron chi connectivity index (χ0n) is 14.4. The zero-order chi connectivity index (χ0) is 17.6. The van der Waals surface area contributed by atoms with Gasteiger partial charge in [-0.15, -0.1) is 10.2 Å². The monoisotopic (exact) mass is 345 g/mol. The van der Waals surface area contributed by atoms with Crippen molar-refractivity contribution in [2.45, 2.75) is 45.2 Å². The van der Waals surface area contributed by atoms with Gasteiger partial charge in [-0.1, -0.05) is 0 Å². The number of nitrogens with one attached hydrogen (secondary N) is 1. The van der Waals surface area contributed by atoms with E-state index in [2.05, 4.69) is 25.5 Å². The number of ether oxygens (including phenoxy) is 1. The van der Waals surface area contributed by atoms with E-state index in [1.807, 2.05) is 4.57 Å². The van der Waals surface area contributed by atoms with Crippen LogP contribution in [0, 0.1) is 0 Å². The molecule has 9 heteroatoms. The lowest BCUT2D eigenvalue weighted by Gasteiger charge is -2.17. The first kappa shape index (κ1) is 17.3. The van der Waals surface area contributed by atoms with Crippen molar-refractivity contribution in [1.82, 2.24) is 30.0 Å². The molecule has 0 radical (unpaired) electrons. The first-order chi connectivity index (χ1) is 12.2. The van der Waals surface area contributed by atoms with Gasteiger partial charge in [0.05, 0.1) is 6.54 Å². The summed E-state index contributed by atoms with van der Waals surface area (Å²) in [5.74, 6) is 0.590. The van der Waals surface area contributed by atoms with Gasteiger partial charge in [-0.2, -0.15) is 0 Å². The SMILES string of the molecule is COCCCn1cnnc1CNC(=O)c1nc(N)nc2c1CCCC2. The lowest BCUT2D eigenvalue weighted by Crippen LogP contribution is -2.28. The summed E-state index contributed by atoms with van der Waals surface area (Å²) < 4.78 is 6.96. The third-order valence-corrected chi connectivity index (χ3v) is 4.27. The zero-order valence-corrected chi connectivity index (χ0v) is 14.4. The van der Waals surface area contributed by atoms with Crippen molar-refractivity contribution in [3.63, 3.8) is 0 Å². The fraction of sp³-hybridized carbons (Fsp3) is 0.562. The van der Waals surface area contributed by atoms with Gasteiger partial charge in [0.25, 0.3) is 5.91 Å². The molecular formula is C16H23N7O2. The average molecular weight is 345 g/mol. The minimum Gasteiger partial charge on any atom is -0.385 e. The van der Waals surface area contributed by atoms with Gasteiger partial charge >= 0.3 is 0 Å². The van der Waals surface area contributed by atoms with Crippen molar-refractivity contribution < 1.29 is 9.53 Å². The highest BCUT2D eigenvalue weighted by Crippen LogP contribution is 2.22. The molecule has 3 N–H and O–H groups in total. The number of hydrogen-bond donors (Lipinski definition) is 2. The maximum Gasteiger partial charge on any atom is 0.270 e. The maximum absolute atomic E-state index is 12.6. The number of aryl methyl sites for hydroxylation is 2. The molecule has 25 heavy (non-hydrogen) atoms. The van der Waals surface area contributed by atoms with Crippen LogP contribution in [-0.2, 0) is 30.7 Å². The highest BCUT2D eigenvalue weighted by molar-refractivity contribution is 5.94. The van der Waals surface area contributed by atoms with Gasteiger partial charge in [-0.05, 0) is 32.1 Å². The second kappa shape index (κ2) is 8.02. The summed E-state index contributed by atoms with van der Waals surface area (Å²) in [7, 11) is 1.67. The molecule has 1 aliphatic rings. The Kier molecular flexibility index (Phi) is 5.54. The molecule has 0 unspecified atom stereocenters. The number of fused-ring (bicyclic) bond motifs is 1. The summed E-state index contributed by atoms with van der Waals surface area (Å²) in [4.78, 5) is 21.0. The fourth-order valence-electron chi connectivity index (χ4n) is 3.03. The predicted octanol–water partition coefficient (Wildman–Crippen LogP) is 0.496. The van der Waals surface area contributed by atoms with Crippen LogP contribution in [0.4, 0.5) is 5.95 Å². The number of carbonyl (C=O) groups excluding carboxylic acids is 1. The van der Waals surface area contributed by atoms with Crippen LogP contribution in [0.5, 0.6) is 0 Å². The van der Waals surface area contributed by atoms with Gasteiger partial charge in [0.2, 0.25) is 5.95 Å². The van der Waals surface area contributed by atoms with E-state index in [-0.39, 0.29) is 18.4 Å². The molecule has 134 valence electrons.